The number of hydrogen-bond donors (Lipinski definition) is 1. The van der Waals surface area contributed by atoms with Crippen molar-refractivity contribution in [1.82, 2.24) is 5.32 Å². The zero-order chi connectivity index (χ0) is 15.2. The molecule has 0 aliphatic carbocycles. The molecule has 2 aromatic rings. The minimum Gasteiger partial charge on any atom is -0.487 e. The van der Waals surface area contributed by atoms with E-state index in [1.807, 2.05) is 14.0 Å². The van der Waals surface area contributed by atoms with Crippen LogP contribution in [0, 0.1) is 6.92 Å². The van der Waals surface area contributed by atoms with E-state index in [0.717, 1.165) is 22.8 Å². The Balaban J connectivity index is 1.98. The molecule has 1 aliphatic rings. The summed E-state index contributed by atoms with van der Waals surface area (Å²) in [7, 11) is 1.98. The number of halogens is 1. The first-order chi connectivity index (χ1) is 9.91. The van der Waals surface area contributed by atoms with Crippen LogP contribution < -0.4 is 10.1 Å². The number of thiophene rings is 1. The van der Waals surface area contributed by atoms with Gasteiger partial charge in [-0.1, -0.05) is 23.7 Å². The Morgan fingerprint density at radius 1 is 1.38 bits per heavy atom. The summed E-state index contributed by atoms with van der Waals surface area (Å²) >= 11 is 8.15. The van der Waals surface area contributed by atoms with Gasteiger partial charge < -0.3 is 10.1 Å². The SMILES string of the molecule is CNC(c1ccc2c(c1)CC(C)(C)O2)c1scc(C)c1Cl. The maximum absolute atomic E-state index is 6.44. The van der Waals surface area contributed by atoms with Crippen molar-refractivity contribution in [2.75, 3.05) is 7.05 Å². The lowest BCUT2D eigenvalue weighted by atomic mass is 9.97. The molecule has 21 heavy (non-hydrogen) atoms. The van der Waals surface area contributed by atoms with Crippen LogP contribution >= 0.6 is 22.9 Å². The van der Waals surface area contributed by atoms with Crippen molar-refractivity contribution >= 4 is 22.9 Å². The summed E-state index contributed by atoms with van der Waals surface area (Å²) in [5.74, 6) is 1.01. The van der Waals surface area contributed by atoms with Crippen LogP contribution in [0.4, 0.5) is 0 Å². The zero-order valence-electron chi connectivity index (χ0n) is 12.8. The molecule has 2 heterocycles. The largest absolute Gasteiger partial charge is 0.487 e. The number of nitrogens with one attached hydrogen (secondary N) is 1. The summed E-state index contributed by atoms with van der Waals surface area (Å²) < 4.78 is 5.95. The molecule has 0 radical (unpaired) electrons. The molecule has 0 saturated heterocycles. The van der Waals surface area contributed by atoms with E-state index < -0.39 is 0 Å². The number of ether oxygens (including phenoxy) is 1. The minimum atomic E-state index is -0.104. The van der Waals surface area contributed by atoms with Gasteiger partial charge in [0.25, 0.3) is 0 Å². The Labute approximate surface area is 135 Å². The van der Waals surface area contributed by atoms with Crippen molar-refractivity contribution < 1.29 is 4.74 Å². The first-order valence-electron chi connectivity index (χ1n) is 7.14. The van der Waals surface area contributed by atoms with Crippen molar-refractivity contribution in [3.63, 3.8) is 0 Å². The van der Waals surface area contributed by atoms with Gasteiger partial charge in [0.05, 0.1) is 11.1 Å². The lowest BCUT2D eigenvalue weighted by molar-refractivity contribution is 0.138. The fourth-order valence-corrected chi connectivity index (χ4v) is 4.34. The third kappa shape index (κ3) is 2.70. The maximum atomic E-state index is 6.44. The van der Waals surface area contributed by atoms with Crippen molar-refractivity contribution in [2.24, 2.45) is 0 Å². The molecular weight excluding hydrogens is 302 g/mol. The van der Waals surface area contributed by atoms with Gasteiger partial charge in [0.2, 0.25) is 0 Å². The highest BCUT2D eigenvalue weighted by atomic mass is 35.5. The number of benzene rings is 1. The van der Waals surface area contributed by atoms with Crippen molar-refractivity contribution in [1.29, 1.82) is 0 Å². The molecule has 4 heteroatoms. The quantitative estimate of drug-likeness (QED) is 0.882. The number of hydrogen-bond acceptors (Lipinski definition) is 3. The molecule has 0 saturated carbocycles. The summed E-state index contributed by atoms with van der Waals surface area (Å²) in [6.45, 7) is 6.30. The Morgan fingerprint density at radius 3 is 2.76 bits per heavy atom. The summed E-state index contributed by atoms with van der Waals surface area (Å²) in [6.07, 6.45) is 0.948. The van der Waals surface area contributed by atoms with Gasteiger partial charge in [0, 0.05) is 11.3 Å². The van der Waals surface area contributed by atoms with E-state index in [4.69, 9.17) is 16.3 Å². The van der Waals surface area contributed by atoms with E-state index in [1.165, 1.54) is 16.0 Å². The van der Waals surface area contributed by atoms with Crippen LogP contribution in [-0.4, -0.2) is 12.6 Å². The second-order valence-corrected chi connectivity index (χ2v) is 7.51. The predicted molar refractivity (Wildman–Crippen MR) is 89.8 cm³/mol. The van der Waals surface area contributed by atoms with Gasteiger partial charge in [-0.25, -0.2) is 0 Å². The van der Waals surface area contributed by atoms with E-state index >= 15 is 0 Å². The summed E-state index contributed by atoms with van der Waals surface area (Å²) in [5.41, 5.74) is 3.55. The van der Waals surface area contributed by atoms with E-state index in [9.17, 15) is 0 Å². The minimum absolute atomic E-state index is 0.104. The normalized spacial score (nSPS) is 17.4. The number of fused-ring (bicyclic) bond motifs is 1. The van der Waals surface area contributed by atoms with Crippen LogP contribution in [0.3, 0.4) is 0 Å². The zero-order valence-corrected chi connectivity index (χ0v) is 14.4. The van der Waals surface area contributed by atoms with Crippen molar-refractivity contribution in [3.05, 3.63) is 50.2 Å². The predicted octanol–water partition coefficient (Wildman–Crippen LogP) is 4.73. The molecule has 1 unspecified atom stereocenters. The van der Waals surface area contributed by atoms with Crippen LogP contribution in [0.1, 0.15) is 41.5 Å². The highest BCUT2D eigenvalue weighted by molar-refractivity contribution is 7.10. The molecule has 112 valence electrons. The van der Waals surface area contributed by atoms with E-state index in [2.05, 4.69) is 42.7 Å². The molecule has 3 rings (SSSR count). The maximum Gasteiger partial charge on any atom is 0.123 e. The smallest absolute Gasteiger partial charge is 0.123 e. The van der Waals surface area contributed by atoms with Gasteiger partial charge in [-0.05, 0) is 56.0 Å². The number of rotatable bonds is 3. The van der Waals surface area contributed by atoms with Gasteiger partial charge in [-0.3, -0.25) is 0 Å². The van der Waals surface area contributed by atoms with Crippen molar-refractivity contribution in [2.45, 2.75) is 38.8 Å². The summed E-state index contributed by atoms with van der Waals surface area (Å²) in [4.78, 5) is 1.18. The molecule has 0 fully saturated rings. The molecule has 1 aromatic heterocycles. The lowest BCUT2D eigenvalue weighted by Gasteiger charge is -2.17. The van der Waals surface area contributed by atoms with Gasteiger partial charge >= 0.3 is 0 Å². The topological polar surface area (TPSA) is 21.3 Å². The lowest BCUT2D eigenvalue weighted by Crippen LogP contribution is -2.24. The van der Waals surface area contributed by atoms with Gasteiger partial charge in [-0.15, -0.1) is 11.3 Å². The molecule has 0 amide bonds. The first-order valence-corrected chi connectivity index (χ1v) is 8.39. The second kappa shape index (κ2) is 5.31. The van der Waals surface area contributed by atoms with E-state index in [1.54, 1.807) is 11.3 Å². The Morgan fingerprint density at radius 2 is 2.14 bits per heavy atom. The molecule has 1 aliphatic heterocycles. The van der Waals surface area contributed by atoms with Crippen LogP contribution in [0.5, 0.6) is 5.75 Å². The average Bonchev–Trinajstić information content (AvgIpc) is 2.91. The molecule has 1 atom stereocenters. The Kier molecular flexibility index (Phi) is 3.76. The Hall–Kier alpha value is -1.03. The van der Waals surface area contributed by atoms with Crippen LogP contribution in [0.2, 0.25) is 5.02 Å². The molecule has 1 aromatic carbocycles. The molecule has 0 spiro atoms. The monoisotopic (exact) mass is 321 g/mol. The van der Waals surface area contributed by atoms with Crippen LogP contribution in [0.15, 0.2) is 23.6 Å². The van der Waals surface area contributed by atoms with Gasteiger partial charge in [0.15, 0.2) is 0 Å². The summed E-state index contributed by atoms with van der Waals surface area (Å²) in [6, 6.07) is 6.59. The standard InChI is InChI=1S/C17H20ClNOS/c1-10-9-21-16(14(10)18)15(19-4)11-5-6-13-12(7-11)8-17(2,3)20-13/h5-7,9,15,19H,8H2,1-4H3. The highest BCUT2D eigenvalue weighted by Crippen LogP contribution is 2.40. The third-order valence-corrected chi connectivity index (χ3v) is 5.68. The molecule has 2 nitrogen and oxygen atoms in total. The van der Waals surface area contributed by atoms with E-state index in [-0.39, 0.29) is 11.6 Å². The Bertz CT molecular complexity index is 677. The molecule has 0 bridgehead atoms. The van der Waals surface area contributed by atoms with Crippen molar-refractivity contribution in [3.8, 4) is 5.75 Å². The summed E-state index contributed by atoms with van der Waals surface area (Å²) in [5, 5.41) is 6.37. The fraction of sp³-hybridized carbons (Fsp3) is 0.412. The van der Waals surface area contributed by atoms with E-state index in [0.29, 0.717) is 0 Å². The average molecular weight is 322 g/mol. The van der Waals surface area contributed by atoms with Crippen LogP contribution in [0.25, 0.3) is 0 Å². The second-order valence-electron chi connectivity index (χ2n) is 6.22. The highest BCUT2D eigenvalue weighted by Gasteiger charge is 2.31. The van der Waals surface area contributed by atoms with Crippen LogP contribution in [-0.2, 0) is 6.42 Å². The first kappa shape index (κ1) is 14.9. The number of aryl methyl sites for hydroxylation is 1. The van der Waals surface area contributed by atoms with Gasteiger partial charge in [-0.2, -0.15) is 0 Å². The molecule has 1 N–H and O–H groups in total. The van der Waals surface area contributed by atoms with Gasteiger partial charge in [0.1, 0.15) is 11.4 Å². The fourth-order valence-electron chi connectivity index (χ4n) is 2.90. The third-order valence-electron chi connectivity index (χ3n) is 3.90. The molecular formula is C17H20ClNOS.